The summed E-state index contributed by atoms with van der Waals surface area (Å²) in [5.41, 5.74) is 4.00. The molecule has 3 heterocycles. The molecule has 1 aliphatic rings. The van der Waals surface area contributed by atoms with Crippen molar-refractivity contribution in [2.24, 2.45) is 0 Å². The van der Waals surface area contributed by atoms with Crippen LogP contribution < -0.4 is 4.90 Å². The topological polar surface area (TPSA) is 41.9 Å². The summed E-state index contributed by atoms with van der Waals surface area (Å²) < 4.78 is 0. The van der Waals surface area contributed by atoms with Crippen LogP contribution in [0.5, 0.6) is 0 Å². The predicted octanol–water partition coefficient (Wildman–Crippen LogP) is 2.32. The van der Waals surface area contributed by atoms with Gasteiger partial charge >= 0.3 is 0 Å². The van der Waals surface area contributed by atoms with Crippen molar-refractivity contribution in [1.82, 2.24) is 15.0 Å². The predicted molar refractivity (Wildman–Crippen MR) is 68.1 cm³/mol. The molecule has 88 valence electrons. The van der Waals surface area contributed by atoms with E-state index < -0.39 is 0 Å². The fraction of sp³-hybridized carbons (Fsp3) is 0.462. The molecule has 0 atom stereocenters. The maximum absolute atomic E-state index is 4.47. The first-order chi connectivity index (χ1) is 8.36. The molecule has 0 unspecified atom stereocenters. The fourth-order valence-electron chi connectivity index (χ4n) is 2.44. The lowest BCUT2D eigenvalue weighted by Gasteiger charge is -2.29. The third-order valence-electron chi connectivity index (χ3n) is 3.36. The van der Waals surface area contributed by atoms with Gasteiger partial charge in [0.05, 0.1) is 17.6 Å². The molecule has 2 aromatic heterocycles. The molecule has 0 radical (unpaired) electrons. The molecule has 3 rings (SSSR count). The SMILES string of the molecule is Cc1ncc(N2CCCCC2)c2nccnc12. The first kappa shape index (κ1) is 10.4. The molecule has 0 N–H and O–H groups in total. The Morgan fingerprint density at radius 2 is 1.65 bits per heavy atom. The minimum Gasteiger partial charge on any atom is -0.368 e. The Morgan fingerprint density at radius 1 is 0.941 bits per heavy atom. The second kappa shape index (κ2) is 4.28. The number of anilines is 1. The number of rotatable bonds is 1. The first-order valence-electron chi connectivity index (χ1n) is 6.17. The van der Waals surface area contributed by atoms with Gasteiger partial charge in [0.25, 0.3) is 0 Å². The molecule has 4 heteroatoms. The Morgan fingerprint density at radius 3 is 2.41 bits per heavy atom. The summed E-state index contributed by atoms with van der Waals surface area (Å²) in [6.07, 6.45) is 9.29. The summed E-state index contributed by atoms with van der Waals surface area (Å²) in [5.74, 6) is 0. The van der Waals surface area contributed by atoms with Crippen molar-refractivity contribution in [3.05, 3.63) is 24.3 Å². The van der Waals surface area contributed by atoms with Crippen LogP contribution in [0.25, 0.3) is 11.0 Å². The van der Waals surface area contributed by atoms with Crippen molar-refractivity contribution in [2.45, 2.75) is 26.2 Å². The summed E-state index contributed by atoms with van der Waals surface area (Å²) in [7, 11) is 0. The van der Waals surface area contributed by atoms with Crippen LogP contribution in [0.15, 0.2) is 18.6 Å². The number of fused-ring (bicyclic) bond motifs is 1. The van der Waals surface area contributed by atoms with E-state index in [1.165, 1.54) is 19.3 Å². The summed E-state index contributed by atoms with van der Waals surface area (Å²) >= 11 is 0. The van der Waals surface area contributed by atoms with E-state index in [1.54, 1.807) is 12.4 Å². The molecule has 1 aliphatic heterocycles. The quantitative estimate of drug-likeness (QED) is 0.751. The average Bonchev–Trinajstić information content (AvgIpc) is 2.41. The number of piperidine rings is 1. The first-order valence-corrected chi connectivity index (χ1v) is 6.17. The molecule has 0 bridgehead atoms. The molecule has 0 amide bonds. The molecule has 17 heavy (non-hydrogen) atoms. The minimum atomic E-state index is 0.926. The third-order valence-corrected chi connectivity index (χ3v) is 3.36. The summed E-state index contributed by atoms with van der Waals surface area (Å²) in [4.78, 5) is 15.7. The zero-order chi connectivity index (χ0) is 11.7. The highest BCUT2D eigenvalue weighted by Crippen LogP contribution is 2.26. The van der Waals surface area contributed by atoms with E-state index in [-0.39, 0.29) is 0 Å². The highest BCUT2D eigenvalue weighted by molar-refractivity contribution is 5.88. The van der Waals surface area contributed by atoms with Crippen molar-refractivity contribution in [2.75, 3.05) is 18.0 Å². The Bertz CT molecular complexity index is 532. The van der Waals surface area contributed by atoms with Crippen molar-refractivity contribution in [1.29, 1.82) is 0 Å². The Kier molecular flexibility index (Phi) is 2.63. The third kappa shape index (κ3) is 1.84. The van der Waals surface area contributed by atoms with Gasteiger partial charge in [0.2, 0.25) is 0 Å². The molecule has 2 aromatic rings. The molecule has 0 spiro atoms. The van der Waals surface area contributed by atoms with Crippen LogP contribution in [0.4, 0.5) is 5.69 Å². The number of nitrogens with zero attached hydrogens (tertiary/aromatic N) is 4. The lowest BCUT2D eigenvalue weighted by Crippen LogP contribution is -2.29. The van der Waals surface area contributed by atoms with Gasteiger partial charge in [0.1, 0.15) is 11.0 Å². The Balaban J connectivity index is 2.12. The fourth-order valence-corrected chi connectivity index (χ4v) is 2.44. The van der Waals surface area contributed by atoms with E-state index in [0.29, 0.717) is 0 Å². The van der Waals surface area contributed by atoms with Crippen LogP contribution in [0.1, 0.15) is 25.0 Å². The summed E-state index contributed by atoms with van der Waals surface area (Å²) in [6, 6.07) is 0. The molecule has 4 nitrogen and oxygen atoms in total. The largest absolute Gasteiger partial charge is 0.368 e. The van der Waals surface area contributed by atoms with Gasteiger partial charge in [-0.05, 0) is 26.2 Å². The zero-order valence-corrected chi connectivity index (χ0v) is 10.1. The maximum atomic E-state index is 4.47. The van der Waals surface area contributed by atoms with Gasteiger partial charge in [-0.15, -0.1) is 0 Å². The van der Waals surface area contributed by atoms with Gasteiger partial charge in [-0.25, -0.2) is 0 Å². The summed E-state index contributed by atoms with van der Waals surface area (Å²) in [6.45, 7) is 4.20. The maximum Gasteiger partial charge on any atom is 0.115 e. The molecular weight excluding hydrogens is 212 g/mol. The number of pyridine rings is 1. The second-order valence-electron chi connectivity index (χ2n) is 4.53. The van der Waals surface area contributed by atoms with Gasteiger partial charge in [0, 0.05) is 25.5 Å². The van der Waals surface area contributed by atoms with Crippen molar-refractivity contribution >= 4 is 16.7 Å². The van der Waals surface area contributed by atoms with Crippen molar-refractivity contribution < 1.29 is 0 Å². The highest BCUT2D eigenvalue weighted by Gasteiger charge is 2.15. The number of aromatic nitrogens is 3. The highest BCUT2D eigenvalue weighted by atomic mass is 15.1. The Hall–Kier alpha value is -1.71. The van der Waals surface area contributed by atoms with Crippen LogP contribution in [0, 0.1) is 6.92 Å². The number of hydrogen-bond acceptors (Lipinski definition) is 4. The van der Waals surface area contributed by atoms with Gasteiger partial charge in [0.15, 0.2) is 0 Å². The molecule has 1 fully saturated rings. The number of aryl methyl sites for hydroxylation is 1. The van der Waals surface area contributed by atoms with Crippen LogP contribution in [0.3, 0.4) is 0 Å². The van der Waals surface area contributed by atoms with E-state index in [9.17, 15) is 0 Å². The summed E-state index contributed by atoms with van der Waals surface area (Å²) in [5, 5.41) is 0. The van der Waals surface area contributed by atoms with Gasteiger partial charge < -0.3 is 4.90 Å². The molecule has 0 aromatic carbocycles. The zero-order valence-electron chi connectivity index (χ0n) is 10.1. The minimum absolute atomic E-state index is 0.926. The normalized spacial score (nSPS) is 16.4. The van der Waals surface area contributed by atoms with Gasteiger partial charge in [-0.1, -0.05) is 0 Å². The van der Waals surface area contributed by atoms with Crippen LogP contribution in [-0.2, 0) is 0 Å². The van der Waals surface area contributed by atoms with E-state index in [2.05, 4.69) is 19.9 Å². The molecular formula is C13H16N4. The van der Waals surface area contributed by atoms with Crippen LogP contribution >= 0.6 is 0 Å². The van der Waals surface area contributed by atoms with Crippen molar-refractivity contribution in [3.63, 3.8) is 0 Å². The average molecular weight is 228 g/mol. The van der Waals surface area contributed by atoms with Crippen molar-refractivity contribution in [3.8, 4) is 0 Å². The number of hydrogen-bond donors (Lipinski definition) is 0. The van der Waals surface area contributed by atoms with E-state index in [4.69, 9.17) is 0 Å². The molecule has 0 aliphatic carbocycles. The smallest absolute Gasteiger partial charge is 0.115 e. The monoisotopic (exact) mass is 228 g/mol. The van der Waals surface area contributed by atoms with Crippen LogP contribution in [0.2, 0.25) is 0 Å². The van der Waals surface area contributed by atoms with E-state index >= 15 is 0 Å². The van der Waals surface area contributed by atoms with Crippen LogP contribution in [-0.4, -0.2) is 28.0 Å². The van der Waals surface area contributed by atoms with Gasteiger partial charge in [-0.3, -0.25) is 15.0 Å². The molecule has 1 saturated heterocycles. The lowest BCUT2D eigenvalue weighted by atomic mass is 10.1. The van der Waals surface area contributed by atoms with E-state index in [1.807, 2.05) is 13.1 Å². The lowest BCUT2D eigenvalue weighted by molar-refractivity contribution is 0.578. The van der Waals surface area contributed by atoms with E-state index in [0.717, 1.165) is 35.5 Å². The Labute approximate surface area is 101 Å². The molecule has 0 saturated carbocycles. The second-order valence-corrected chi connectivity index (χ2v) is 4.53. The standard InChI is InChI=1S/C13H16N4/c1-10-12-13(15-6-5-14-12)11(9-16-10)17-7-3-2-4-8-17/h5-6,9H,2-4,7-8H2,1H3. The van der Waals surface area contributed by atoms with Gasteiger partial charge in [-0.2, -0.15) is 0 Å².